The highest BCUT2D eigenvalue weighted by Crippen LogP contribution is 2.32. The molecule has 1 aliphatic rings. The number of carbonyl (C=O) groups is 2. The number of amides is 2. The number of benzene rings is 3. The second-order valence-electron chi connectivity index (χ2n) is 5.17. The zero-order chi connectivity index (χ0) is 15.3. The molecule has 0 atom stereocenters. The molecule has 0 saturated carbocycles. The Morgan fingerprint density at radius 1 is 0.727 bits per heavy atom. The zero-order valence-corrected chi connectivity index (χ0v) is 12.2. The van der Waals surface area contributed by atoms with Crippen LogP contribution in [0.15, 0.2) is 60.7 Å². The summed E-state index contributed by atoms with van der Waals surface area (Å²) in [5.41, 5.74) is 1.36. The maximum atomic E-state index is 12.6. The molecule has 0 N–H and O–H groups in total. The van der Waals surface area contributed by atoms with Crippen molar-refractivity contribution < 1.29 is 9.59 Å². The summed E-state index contributed by atoms with van der Waals surface area (Å²) in [7, 11) is 0. The largest absolute Gasteiger partial charge is 0.268 e. The van der Waals surface area contributed by atoms with E-state index in [1.165, 1.54) is 4.90 Å². The van der Waals surface area contributed by atoms with Crippen LogP contribution < -0.4 is 4.90 Å². The van der Waals surface area contributed by atoms with Gasteiger partial charge in [0.1, 0.15) is 0 Å². The number of halogens is 1. The van der Waals surface area contributed by atoms with Crippen LogP contribution >= 0.6 is 11.6 Å². The number of rotatable bonds is 1. The molecular weight excluding hydrogens is 298 g/mol. The highest BCUT2D eigenvalue weighted by molar-refractivity contribution is 6.36. The molecule has 0 unspecified atom stereocenters. The Hall–Kier alpha value is -2.65. The van der Waals surface area contributed by atoms with E-state index in [2.05, 4.69) is 0 Å². The summed E-state index contributed by atoms with van der Waals surface area (Å²) in [4.78, 5) is 26.4. The average Bonchev–Trinajstić information content (AvgIpc) is 2.76. The molecule has 106 valence electrons. The third kappa shape index (κ3) is 1.83. The Bertz CT molecular complexity index is 894. The van der Waals surface area contributed by atoms with Crippen molar-refractivity contribution in [3.05, 3.63) is 76.8 Å². The molecule has 1 heterocycles. The highest BCUT2D eigenvalue weighted by atomic mass is 35.5. The van der Waals surface area contributed by atoms with Crippen LogP contribution in [0.4, 0.5) is 5.69 Å². The molecule has 3 nitrogen and oxygen atoms in total. The van der Waals surface area contributed by atoms with Crippen molar-refractivity contribution in [3.8, 4) is 0 Å². The molecule has 1 aliphatic heterocycles. The second kappa shape index (κ2) is 4.68. The summed E-state index contributed by atoms with van der Waals surface area (Å²) in [6, 6.07) is 18.0. The van der Waals surface area contributed by atoms with Crippen LogP contribution in [0.1, 0.15) is 20.7 Å². The van der Waals surface area contributed by atoms with Crippen LogP contribution in [-0.4, -0.2) is 11.8 Å². The number of imide groups is 1. The number of fused-ring (bicyclic) bond motifs is 2. The number of nitrogens with zero attached hydrogens (tertiary/aromatic N) is 1. The summed E-state index contributed by atoms with van der Waals surface area (Å²) in [6.07, 6.45) is 0. The van der Waals surface area contributed by atoms with Gasteiger partial charge in [0.2, 0.25) is 0 Å². The Morgan fingerprint density at radius 3 is 1.86 bits per heavy atom. The summed E-state index contributed by atoms with van der Waals surface area (Å²) in [5.74, 6) is -0.624. The van der Waals surface area contributed by atoms with Gasteiger partial charge in [-0.3, -0.25) is 9.59 Å². The van der Waals surface area contributed by atoms with Gasteiger partial charge in [0.25, 0.3) is 11.8 Å². The van der Waals surface area contributed by atoms with E-state index in [4.69, 9.17) is 11.6 Å². The van der Waals surface area contributed by atoms with E-state index in [9.17, 15) is 9.59 Å². The second-order valence-corrected chi connectivity index (χ2v) is 5.61. The van der Waals surface area contributed by atoms with Crippen LogP contribution in [0, 0.1) is 0 Å². The van der Waals surface area contributed by atoms with Gasteiger partial charge >= 0.3 is 0 Å². The van der Waals surface area contributed by atoms with Gasteiger partial charge in [-0.05, 0) is 41.1 Å². The van der Waals surface area contributed by atoms with Crippen molar-refractivity contribution in [3.63, 3.8) is 0 Å². The fraction of sp³-hybridized carbons (Fsp3) is 0. The van der Waals surface area contributed by atoms with Crippen LogP contribution in [-0.2, 0) is 0 Å². The van der Waals surface area contributed by atoms with Gasteiger partial charge in [-0.1, -0.05) is 41.9 Å². The molecule has 0 fully saturated rings. The molecule has 4 heteroatoms. The lowest BCUT2D eigenvalue weighted by Gasteiger charge is -2.13. The minimum atomic E-state index is -0.312. The first kappa shape index (κ1) is 13.0. The van der Waals surface area contributed by atoms with Crippen molar-refractivity contribution in [2.75, 3.05) is 4.90 Å². The van der Waals surface area contributed by atoms with Crippen molar-refractivity contribution in [2.24, 2.45) is 0 Å². The predicted molar refractivity (Wildman–Crippen MR) is 86.5 cm³/mol. The zero-order valence-electron chi connectivity index (χ0n) is 11.4. The fourth-order valence-corrected chi connectivity index (χ4v) is 2.96. The van der Waals surface area contributed by atoms with Gasteiger partial charge in [-0.15, -0.1) is 0 Å². The molecule has 0 bridgehead atoms. The van der Waals surface area contributed by atoms with Gasteiger partial charge in [0.15, 0.2) is 0 Å². The third-order valence-corrected chi connectivity index (χ3v) is 4.05. The number of hydrogen-bond donors (Lipinski definition) is 0. The van der Waals surface area contributed by atoms with Gasteiger partial charge in [-0.2, -0.15) is 0 Å². The first-order chi connectivity index (χ1) is 10.6. The van der Waals surface area contributed by atoms with Crippen molar-refractivity contribution in [2.45, 2.75) is 0 Å². The molecule has 0 spiro atoms. The summed E-state index contributed by atoms with van der Waals surface area (Å²) in [6.45, 7) is 0. The van der Waals surface area contributed by atoms with Crippen molar-refractivity contribution in [1.82, 2.24) is 0 Å². The molecule has 0 aliphatic carbocycles. The summed E-state index contributed by atoms with van der Waals surface area (Å²) < 4.78 is 0. The van der Waals surface area contributed by atoms with Crippen LogP contribution in [0.25, 0.3) is 10.8 Å². The lowest BCUT2D eigenvalue weighted by Crippen LogP contribution is -2.29. The standard InChI is InChI=1S/C18H10ClNO2/c19-13-6-3-7-14(10-13)20-17(21)15-8-11-4-1-2-5-12(11)9-16(15)18(20)22/h1-10H. The quantitative estimate of drug-likeness (QED) is 0.629. The minimum Gasteiger partial charge on any atom is -0.268 e. The van der Waals surface area contributed by atoms with Crippen LogP contribution in [0.3, 0.4) is 0 Å². The Balaban J connectivity index is 1.90. The molecule has 2 amide bonds. The molecule has 0 saturated heterocycles. The first-order valence-corrected chi connectivity index (χ1v) is 7.20. The minimum absolute atomic E-state index is 0.312. The normalized spacial score (nSPS) is 13.8. The summed E-state index contributed by atoms with van der Waals surface area (Å²) in [5, 5.41) is 2.37. The molecule has 4 rings (SSSR count). The number of carbonyl (C=O) groups excluding carboxylic acids is 2. The maximum absolute atomic E-state index is 12.6. The van der Waals surface area contributed by atoms with Crippen LogP contribution in [0.2, 0.25) is 5.02 Å². The van der Waals surface area contributed by atoms with Gasteiger partial charge in [0, 0.05) is 5.02 Å². The fourth-order valence-electron chi connectivity index (χ4n) is 2.78. The molecular formula is C18H10ClNO2. The maximum Gasteiger partial charge on any atom is 0.266 e. The molecule has 3 aromatic carbocycles. The SMILES string of the molecule is O=C1c2cc3ccccc3cc2C(=O)N1c1cccc(Cl)c1. The Labute approximate surface area is 131 Å². The Kier molecular flexibility index (Phi) is 2.78. The van der Waals surface area contributed by atoms with Crippen molar-refractivity contribution >= 4 is 39.9 Å². The first-order valence-electron chi connectivity index (χ1n) is 6.82. The topological polar surface area (TPSA) is 37.4 Å². The molecule has 22 heavy (non-hydrogen) atoms. The molecule has 0 aromatic heterocycles. The van der Waals surface area contributed by atoms with E-state index in [-0.39, 0.29) is 11.8 Å². The van der Waals surface area contributed by atoms with Crippen LogP contribution in [0.5, 0.6) is 0 Å². The van der Waals surface area contributed by atoms with E-state index in [0.29, 0.717) is 21.8 Å². The lowest BCUT2D eigenvalue weighted by atomic mass is 10.0. The average molecular weight is 308 g/mol. The number of hydrogen-bond acceptors (Lipinski definition) is 2. The molecule has 0 radical (unpaired) electrons. The Morgan fingerprint density at radius 2 is 1.32 bits per heavy atom. The number of anilines is 1. The smallest absolute Gasteiger partial charge is 0.266 e. The van der Waals surface area contributed by atoms with Gasteiger partial charge in [-0.25, -0.2) is 4.90 Å². The van der Waals surface area contributed by atoms with E-state index < -0.39 is 0 Å². The van der Waals surface area contributed by atoms with E-state index in [0.717, 1.165) is 10.8 Å². The van der Waals surface area contributed by atoms with E-state index in [1.807, 2.05) is 24.3 Å². The van der Waals surface area contributed by atoms with E-state index >= 15 is 0 Å². The monoisotopic (exact) mass is 307 g/mol. The third-order valence-electron chi connectivity index (χ3n) is 3.82. The summed E-state index contributed by atoms with van der Waals surface area (Å²) >= 11 is 5.97. The predicted octanol–water partition coefficient (Wildman–Crippen LogP) is 4.29. The lowest BCUT2D eigenvalue weighted by molar-refractivity contribution is 0.0926. The highest BCUT2D eigenvalue weighted by Gasteiger charge is 2.36. The molecule has 3 aromatic rings. The van der Waals surface area contributed by atoms with Gasteiger partial charge < -0.3 is 0 Å². The van der Waals surface area contributed by atoms with E-state index in [1.54, 1.807) is 36.4 Å². The van der Waals surface area contributed by atoms with Crippen molar-refractivity contribution in [1.29, 1.82) is 0 Å². The van der Waals surface area contributed by atoms with Gasteiger partial charge in [0.05, 0.1) is 16.8 Å².